The molecule has 16 heavy (non-hydrogen) atoms. The van der Waals surface area contributed by atoms with Gasteiger partial charge in [0.25, 0.3) is 0 Å². The summed E-state index contributed by atoms with van der Waals surface area (Å²) in [6.07, 6.45) is 3.47. The van der Waals surface area contributed by atoms with Gasteiger partial charge in [0, 0.05) is 19.5 Å². The summed E-state index contributed by atoms with van der Waals surface area (Å²) in [5.74, 6) is -0.390. The molecule has 0 spiro atoms. The molecule has 1 heterocycles. The van der Waals surface area contributed by atoms with Crippen LogP contribution in [-0.2, 0) is 9.59 Å². The minimum atomic E-state index is -0.764. The van der Waals surface area contributed by atoms with Gasteiger partial charge in [-0.25, -0.2) is 0 Å². The summed E-state index contributed by atoms with van der Waals surface area (Å²) in [5, 5.41) is 8.74. The molecule has 0 radical (unpaired) electrons. The summed E-state index contributed by atoms with van der Waals surface area (Å²) in [5.41, 5.74) is 0. The number of piperidine rings is 1. The average Bonchev–Trinajstić information content (AvgIpc) is 2.27. The van der Waals surface area contributed by atoms with Crippen LogP contribution < -0.4 is 0 Å². The van der Waals surface area contributed by atoms with Gasteiger partial charge in [-0.1, -0.05) is 13.5 Å². The Morgan fingerprint density at radius 3 is 2.88 bits per heavy atom. The molecule has 1 rings (SSSR count). The maximum atomic E-state index is 11.4. The molecular formula is C12H19NO3. The Hall–Kier alpha value is -1.32. The first-order valence-electron chi connectivity index (χ1n) is 5.67. The lowest BCUT2D eigenvalue weighted by Gasteiger charge is -2.34. The topological polar surface area (TPSA) is 57.6 Å². The minimum absolute atomic E-state index is 0.0489. The number of likely N-dealkylation sites (tertiary alicyclic amines) is 1. The van der Waals surface area contributed by atoms with Crippen molar-refractivity contribution in [2.24, 2.45) is 11.8 Å². The van der Waals surface area contributed by atoms with Gasteiger partial charge in [0.05, 0.1) is 0 Å². The zero-order chi connectivity index (χ0) is 12.1. The molecule has 1 fully saturated rings. The third kappa shape index (κ3) is 3.36. The van der Waals surface area contributed by atoms with E-state index in [4.69, 9.17) is 5.11 Å². The maximum absolute atomic E-state index is 11.4. The minimum Gasteiger partial charge on any atom is -0.481 e. The summed E-state index contributed by atoms with van der Waals surface area (Å²) >= 11 is 0. The highest BCUT2D eigenvalue weighted by atomic mass is 16.4. The molecule has 0 aromatic carbocycles. The molecule has 0 bridgehead atoms. The number of carboxylic acid groups (broad SMARTS) is 1. The molecule has 0 aromatic heterocycles. The van der Waals surface area contributed by atoms with Crippen LogP contribution in [0.15, 0.2) is 12.7 Å². The van der Waals surface area contributed by atoms with Gasteiger partial charge in [0.1, 0.15) is 0 Å². The second-order valence-electron chi connectivity index (χ2n) is 4.47. The molecule has 1 aliphatic heterocycles. The highest BCUT2D eigenvalue weighted by molar-refractivity contribution is 5.87. The van der Waals surface area contributed by atoms with Crippen molar-refractivity contribution in [3.63, 3.8) is 0 Å². The molecule has 1 saturated heterocycles. The van der Waals surface area contributed by atoms with Gasteiger partial charge in [-0.05, 0) is 30.8 Å². The maximum Gasteiger partial charge on any atom is 0.303 e. The Kier molecular flexibility index (Phi) is 4.52. The number of amides is 1. The second-order valence-corrected chi connectivity index (χ2v) is 4.47. The lowest BCUT2D eigenvalue weighted by Crippen LogP contribution is -2.41. The van der Waals surface area contributed by atoms with Gasteiger partial charge >= 0.3 is 5.97 Å². The molecule has 4 nitrogen and oxygen atoms in total. The van der Waals surface area contributed by atoms with Gasteiger partial charge in [-0.2, -0.15) is 0 Å². The van der Waals surface area contributed by atoms with Crippen molar-refractivity contribution in [1.29, 1.82) is 0 Å². The largest absolute Gasteiger partial charge is 0.481 e. The molecule has 2 atom stereocenters. The third-order valence-electron chi connectivity index (χ3n) is 3.25. The van der Waals surface area contributed by atoms with Crippen LogP contribution >= 0.6 is 0 Å². The molecular weight excluding hydrogens is 206 g/mol. The van der Waals surface area contributed by atoms with Crippen LogP contribution in [0.2, 0.25) is 0 Å². The van der Waals surface area contributed by atoms with E-state index in [1.807, 2.05) is 6.92 Å². The van der Waals surface area contributed by atoms with E-state index in [1.165, 1.54) is 6.08 Å². The van der Waals surface area contributed by atoms with E-state index < -0.39 is 5.97 Å². The van der Waals surface area contributed by atoms with Crippen LogP contribution in [0, 0.1) is 11.8 Å². The van der Waals surface area contributed by atoms with Crippen LogP contribution in [-0.4, -0.2) is 35.0 Å². The van der Waals surface area contributed by atoms with Gasteiger partial charge in [-0.3, -0.25) is 9.59 Å². The van der Waals surface area contributed by atoms with E-state index in [2.05, 4.69) is 6.58 Å². The third-order valence-corrected chi connectivity index (χ3v) is 3.25. The van der Waals surface area contributed by atoms with Gasteiger partial charge in [0.2, 0.25) is 5.91 Å². The lowest BCUT2D eigenvalue weighted by atomic mass is 9.84. The molecule has 0 aromatic rings. The van der Waals surface area contributed by atoms with Gasteiger partial charge in [-0.15, -0.1) is 0 Å². The number of nitrogens with zero attached hydrogens (tertiary/aromatic N) is 1. The fourth-order valence-electron chi connectivity index (χ4n) is 2.25. The van der Waals surface area contributed by atoms with Crippen molar-refractivity contribution in [2.75, 3.05) is 13.1 Å². The predicted octanol–water partition coefficient (Wildman–Crippen LogP) is 1.52. The summed E-state index contributed by atoms with van der Waals surface area (Å²) in [4.78, 5) is 23.8. The molecule has 90 valence electrons. The van der Waals surface area contributed by atoms with E-state index >= 15 is 0 Å². The Morgan fingerprint density at radius 1 is 1.62 bits per heavy atom. The fraction of sp³-hybridized carbons (Fsp3) is 0.667. The van der Waals surface area contributed by atoms with E-state index in [-0.39, 0.29) is 18.2 Å². The second kappa shape index (κ2) is 5.68. The van der Waals surface area contributed by atoms with Crippen molar-refractivity contribution in [2.45, 2.75) is 26.2 Å². The van der Waals surface area contributed by atoms with Crippen LogP contribution in [0.5, 0.6) is 0 Å². The number of aliphatic carboxylic acids is 1. The van der Waals surface area contributed by atoms with Crippen molar-refractivity contribution in [3.8, 4) is 0 Å². The number of hydrogen-bond donors (Lipinski definition) is 1. The first-order chi connectivity index (χ1) is 7.54. The van der Waals surface area contributed by atoms with E-state index in [0.717, 1.165) is 19.4 Å². The van der Waals surface area contributed by atoms with Crippen LogP contribution in [0.1, 0.15) is 26.2 Å². The normalized spacial score (nSPS) is 22.6. The highest BCUT2D eigenvalue weighted by Crippen LogP contribution is 2.26. The van der Waals surface area contributed by atoms with Gasteiger partial charge in [0.15, 0.2) is 0 Å². The van der Waals surface area contributed by atoms with Crippen molar-refractivity contribution < 1.29 is 14.7 Å². The monoisotopic (exact) mass is 225 g/mol. The summed E-state index contributed by atoms with van der Waals surface area (Å²) in [6, 6.07) is 0. The first kappa shape index (κ1) is 12.7. The van der Waals surface area contributed by atoms with E-state index in [1.54, 1.807) is 4.90 Å². The summed E-state index contributed by atoms with van der Waals surface area (Å²) in [7, 11) is 0. The average molecular weight is 225 g/mol. The van der Waals surface area contributed by atoms with Crippen LogP contribution in [0.3, 0.4) is 0 Å². The fourth-order valence-corrected chi connectivity index (χ4v) is 2.25. The molecule has 0 saturated carbocycles. The van der Waals surface area contributed by atoms with Crippen molar-refractivity contribution >= 4 is 11.9 Å². The quantitative estimate of drug-likeness (QED) is 0.738. The Bertz CT molecular complexity index is 288. The van der Waals surface area contributed by atoms with E-state index in [9.17, 15) is 9.59 Å². The number of rotatable bonds is 4. The standard InChI is InChI=1S/C12H19NO3/c1-3-11(14)13-6-4-5-10(8-13)9(2)7-12(15)16/h3,9-10H,1,4-8H2,2H3,(H,15,16). The highest BCUT2D eigenvalue weighted by Gasteiger charge is 2.27. The first-order valence-corrected chi connectivity index (χ1v) is 5.67. The Labute approximate surface area is 95.9 Å². The zero-order valence-corrected chi connectivity index (χ0v) is 9.69. The molecule has 1 amide bonds. The number of carbonyl (C=O) groups excluding carboxylic acids is 1. The number of hydrogen-bond acceptors (Lipinski definition) is 2. The van der Waals surface area contributed by atoms with E-state index in [0.29, 0.717) is 12.5 Å². The lowest BCUT2D eigenvalue weighted by molar-refractivity contribution is -0.138. The molecule has 1 N–H and O–H groups in total. The van der Waals surface area contributed by atoms with Crippen LogP contribution in [0.4, 0.5) is 0 Å². The molecule has 0 aliphatic carbocycles. The Balaban J connectivity index is 2.52. The predicted molar refractivity (Wildman–Crippen MR) is 60.9 cm³/mol. The van der Waals surface area contributed by atoms with Gasteiger partial charge < -0.3 is 10.0 Å². The van der Waals surface area contributed by atoms with Crippen LogP contribution in [0.25, 0.3) is 0 Å². The SMILES string of the molecule is C=CC(=O)N1CCCC(C(C)CC(=O)O)C1. The summed E-state index contributed by atoms with van der Waals surface area (Å²) < 4.78 is 0. The smallest absolute Gasteiger partial charge is 0.303 e. The molecule has 2 unspecified atom stereocenters. The van der Waals surface area contributed by atoms with Crippen molar-refractivity contribution in [1.82, 2.24) is 4.90 Å². The Morgan fingerprint density at radius 2 is 2.31 bits per heavy atom. The number of carboxylic acids is 1. The summed E-state index contributed by atoms with van der Waals surface area (Å²) in [6.45, 7) is 6.84. The van der Waals surface area contributed by atoms with Crippen molar-refractivity contribution in [3.05, 3.63) is 12.7 Å². The molecule has 1 aliphatic rings. The molecule has 4 heteroatoms. The zero-order valence-electron chi connectivity index (χ0n) is 9.69. The number of carbonyl (C=O) groups is 2.